The third-order valence-electron chi connectivity index (χ3n) is 8.45. The summed E-state index contributed by atoms with van der Waals surface area (Å²) in [4.78, 5) is 30.2. The van der Waals surface area contributed by atoms with Gasteiger partial charge in [0, 0.05) is 36.2 Å². The Bertz CT molecular complexity index is 1910. The number of ether oxygens (including phenoxy) is 4. The fourth-order valence-electron chi connectivity index (χ4n) is 5.41. The Morgan fingerprint density at radius 1 is 0.804 bits per heavy atom. The molecule has 0 saturated heterocycles. The van der Waals surface area contributed by atoms with Crippen LogP contribution in [0.1, 0.15) is 31.4 Å². The van der Waals surface area contributed by atoms with Gasteiger partial charge in [-0.1, -0.05) is 67.1 Å². The second kappa shape index (κ2) is 17.8. The lowest BCUT2D eigenvalue weighted by Gasteiger charge is -2.34. The second-order valence-electron chi connectivity index (χ2n) is 11.7. The van der Waals surface area contributed by atoms with Gasteiger partial charge in [0.15, 0.2) is 11.5 Å². The molecule has 2 atom stereocenters. The molecule has 51 heavy (non-hydrogen) atoms. The van der Waals surface area contributed by atoms with Gasteiger partial charge in [-0.15, -0.1) is 0 Å². The molecular weight excluding hydrogens is 694 g/mol. The summed E-state index contributed by atoms with van der Waals surface area (Å²) < 4.78 is 52.1. The largest absolute Gasteiger partial charge is 0.497 e. The lowest BCUT2D eigenvalue weighted by atomic mass is 10.0. The summed E-state index contributed by atoms with van der Waals surface area (Å²) >= 11 is 6.61. The molecule has 0 heterocycles. The first kappa shape index (κ1) is 38.9. The number of nitrogens with one attached hydrogen (secondary N) is 1. The molecule has 11 nitrogen and oxygen atoms in total. The minimum Gasteiger partial charge on any atom is -0.497 e. The molecule has 0 aromatic heterocycles. The first-order valence-electron chi connectivity index (χ1n) is 16.3. The van der Waals surface area contributed by atoms with Gasteiger partial charge >= 0.3 is 0 Å². The zero-order valence-electron chi connectivity index (χ0n) is 29.6. The van der Waals surface area contributed by atoms with E-state index in [0.717, 1.165) is 9.87 Å². The van der Waals surface area contributed by atoms with Crippen molar-refractivity contribution in [2.45, 2.75) is 50.2 Å². The topological polar surface area (TPSA) is 124 Å². The van der Waals surface area contributed by atoms with E-state index >= 15 is 0 Å². The van der Waals surface area contributed by atoms with Crippen LogP contribution in [0.4, 0.5) is 5.69 Å². The number of anilines is 1. The van der Waals surface area contributed by atoms with Crippen LogP contribution in [-0.4, -0.2) is 72.2 Å². The second-order valence-corrected chi connectivity index (χ2v) is 14.0. The zero-order chi connectivity index (χ0) is 37.1. The first-order chi connectivity index (χ1) is 24.5. The highest BCUT2D eigenvalue weighted by atomic mass is 35.5. The van der Waals surface area contributed by atoms with Crippen LogP contribution in [0.5, 0.6) is 23.0 Å². The van der Waals surface area contributed by atoms with Crippen LogP contribution in [0.25, 0.3) is 0 Å². The molecule has 272 valence electrons. The Labute approximate surface area is 305 Å². The molecule has 0 radical (unpaired) electrons. The SMILES string of the molecule is CC[C@@H](C)NC(=O)[C@@H](Cc1ccccc1)N(Cc1ccccc1Cl)C(=O)CN(c1cc(OC)ccc1OC)S(=O)(=O)c1ccc(OC)c(OC)c1. The van der Waals surface area contributed by atoms with E-state index in [1.807, 2.05) is 44.2 Å². The van der Waals surface area contributed by atoms with Crippen molar-refractivity contribution in [3.63, 3.8) is 0 Å². The molecule has 0 aliphatic rings. The minimum atomic E-state index is -4.52. The smallest absolute Gasteiger partial charge is 0.265 e. The van der Waals surface area contributed by atoms with Gasteiger partial charge in [-0.3, -0.25) is 13.9 Å². The van der Waals surface area contributed by atoms with Gasteiger partial charge in [-0.25, -0.2) is 8.42 Å². The summed E-state index contributed by atoms with van der Waals surface area (Å²) in [6.45, 7) is 3.03. The molecule has 0 bridgehead atoms. The molecular formula is C38H44ClN3O8S. The van der Waals surface area contributed by atoms with Crippen molar-refractivity contribution in [2.24, 2.45) is 0 Å². The van der Waals surface area contributed by atoms with Gasteiger partial charge in [0.1, 0.15) is 24.1 Å². The van der Waals surface area contributed by atoms with Crippen LogP contribution < -0.4 is 28.6 Å². The Kier molecular flexibility index (Phi) is 13.6. The highest BCUT2D eigenvalue weighted by molar-refractivity contribution is 7.92. The molecule has 13 heteroatoms. The van der Waals surface area contributed by atoms with Crippen molar-refractivity contribution in [1.29, 1.82) is 0 Å². The normalized spacial score (nSPS) is 12.3. The number of methoxy groups -OCH3 is 4. The fraction of sp³-hybridized carbons (Fsp3) is 0.316. The number of nitrogens with zero attached hydrogens (tertiary/aromatic N) is 2. The number of hydrogen-bond acceptors (Lipinski definition) is 8. The fourth-order valence-corrected chi connectivity index (χ4v) is 7.04. The molecule has 1 N–H and O–H groups in total. The van der Waals surface area contributed by atoms with E-state index in [0.29, 0.717) is 28.5 Å². The molecule has 4 aromatic rings. The maximum Gasteiger partial charge on any atom is 0.265 e. The summed E-state index contributed by atoms with van der Waals surface area (Å²) in [7, 11) is 1.15. The van der Waals surface area contributed by atoms with E-state index < -0.39 is 28.5 Å². The van der Waals surface area contributed by atoms with Crippen molar-refractivity contribution in [3.8, 4) is 23.0 Å². The molecule has 0 fully saturated rings. The van der Waals surface area contributed by atoms with Gasteiger partial charge in [-0.05, 0) is 54.8 Å². The number of sulfonamides is 1. The highest BCUT2D eigenvalue weighted by Crippen LogP contribution is 2.38. The maximum atomic E-state index is 14.9. The number of benzene rings is 4. The summed E-state index contributed by atoms with van der Waals surface area (Å²) in [5.41, 5.74) is 1.43. The van der Waals surface area contributed by atoms with Gasteiger partial charge in [-0.2, -0.15) is 0 Å². The van der Waals surface area contributed by atoms with E-state index in [1.165, 1.54) is 57.6 Å². The number of amides is 2. The van der Waals surface area contributed by atoms with E-state index in [-0.39, 0.29) is 47.0 Å². The van der Waals surface area contributed by atoms with Gasteiger partial charge in [0.05, 0.1) is 39.0 Å². The van der Waals surface area contributed by atoms with Gasteiger partial charge in [0.2, 0.25) is 11.8 Å². The van der Waals surface area contributed by atoms with E-state index in [1.54, 1.807) is 36.4 Å². The molecule has 0 spiro atoms. The number of hydrogen-bond donors (Lipinski definition) is 1. The third-order valence-corrected chi connectivity index (χ3v) is 10.6. The predicted octanol–water partition coefficient (Wildman–Crippen LogP) is 6.12. The van der Waals surface area contributed by atoms with Crippen molar-refractivity contribution in [2.75, 3.05) is 39.3 Å². The van der Waals surface area contributed by atoms with Crippen LogP contribution in [0.3, 0.4) is 0 Å². The van der Waals surface area contributed by atoms with E-state index in [9.17, 15) is 18.0 Å². The number of rotatable bonds is 17. The quantitative estimate of drug-likeness (QED) is 0.138. The van der Waals surface area contributed by atoms with E-state index in [4.69, 9.17) is 30.5 Å². The zero-order valence-corrected chi connectivity index (χ0v) is 31.2. The van der Waals surface area contributed by atoms with Crippen LogP contribution in [0, 0.1) is 0 Å². The lowest BCUT2D eigenvalue weighted by molar-refractivity contribution is -0.140. The van der Waals surface area contributed by atoms with Crippen LogP contribution in [-0.2, 0) is 32.6 Å². The molecule has 4 rings (SSSR count). The molecule has 0 aliphatic carbocycles. The third kappa shape index (κ3) is 9.44. The van der Waals surface area contributed by atoms with E-state index in [2.05, 4.69) is 5.32 Å². The van der Waals surface area contributed by atoms with Gasteiger partial charge in [0.25, 0.3) is 10.0 Å². The average Bonchev–Trinajstić information content (AvgIpc) is 3.15. The summed E-state index contributed by atoms with van der Waals surface area (Å²) in [6.07, 6.45) is 0.819. The first-order valence-corrected chi connectivity index (χ1v) is 18.1. The molecule has 4 aromatic carbocycles. The van der Waals surface area contributed by atoms with Crippen molar-refractivity contribution in [3.05, 3.63) is 107 Å². The van der Waals surface area contributed by atoms with Crippen LogP contribution in [0.2, 0.25) is 5.02 Å². The highest BCUT2D eigenvalue weighted by Gasteiger charge is 2.36. The Balaban J connectivity index is 1.91. The standard InChI is InChI=1S/C38H44ClN3O8S/c1-7-26(2)40-38(44)33(21-27-13-9-8-10-14-27)41(24-28-15-11-12-16-31(28)39)37(43)25-42(32-22-29(47-3)17-19-34(32)48-4)51(45,46)30-18-20-35(49-5)36(23-30)50-6/h8-20,22-23,26,33H,7,21,24-25H2,1-6H3,(H,40,44)/t26-,33-/m1/s1. The van der Waals surface area contributed by atoms with Gasteiger partial charge < -0.3 is 29.2 Å². The Morgan fingerprint density at radius 3 is 2.08 bits per heavy atom. The van der Waals surface area contributed by atoms with Crippen molar-refractivity contribution in [1.82, 2.24) is 10.2 Å². The summed E-state index contributed by atoms with van der Waals surface area (Å²) in [5.74, 6) is -0.0624. The van der Waals surface area contributed by atoms with Crippen molar-refractivity contribution >= 4 is 39.1 Å². The molecule has 0 aliphatic heterocycles. The summed E-state index contributed by atoms with van der Waals surface area (Å²) in [5, 5.41) is 3.41. The van der Waals surface area contributed by atoms with Crippen LogP contribution in [0.15, 0.2) is 95.9 Å². The van der Waals surface area contributed by atoms with Crippen LogP contribution >= 0.6 is 11.6 Å². The maximum absolute atomic E-state index is 14.9. The molecule has 2 amide bonds. The number of carbonyl (C=O) groups is 2. The minimum absolute atomic E-state index is 0.0429. The summed E-state index contributed by atoms with van der Waals surface area (Å²) in [6, 6.07) is 23.9. The molecule has 0 saturated carbocycles. The number of carbonyl (C=O) groups excluding carboxylic acids is 2. The lowest BCUT2D eigenvalue weighted by Crippen LogP contribution is -2.54. The van der Waals surface area contributed by atoms with Crippen molar-refractivity contribution < 1.29 is 37.0 Å². The predicted molar refractivity (Wildman–Crippen MR) is 197 cm³/mol. The average molecular weight is 738 g/mol. The monoisotopic (exact) mass is 737 g/mol. The molecule has 0 unspecified atom stereocenters. The Morgan fingerprint density at radius 2 is 1.45 bits per heavy atom. The Hall–Kier alpha value is -4.94. The number of halogens is 1.